The Labute approximate surface area is 155 Å². The molecule has 0 unspecified atom stereocenters. The van der Waals surface area contributed by atoms with Gasteiger partial charge in [0.05, 0.1) is 13.2 Å². The van der Waals surface area contributed by atoms with E-state index >= 15 is 0 Å². The Morgan fingerprint density at radius 2 is 1.88 bits per heavy atom. The number of ketones is 1. The first-order chi connectivity index (χ1) is 11.4. The molecule has 7 nitrogen and oxygen atoms in total. The van der Waals surface area contributed by atoms with Gasteiger partial charge in [-0.1, -0.05) is 0 Å². The lowest BCUT2D eigenvalue weighted by atomic mass is 10.2. The maximum Gasteiger partial charge on any atom is 0.378 e. The van der Waals surface area contributed by atoms with Crippen LogP contribution < -0.4 is 15.0 Å². The van der Waals surface area contributed by atoms with Gasteiger partial charge in [-0.25, -0.2) is 14.3 Å². The fourth-order valence-corrected chi connectivity index (χ4v) is 2.74. The SMILES string of the molecule is CCOC(=O)C(=O)C[n+]1c(N)c(OCC)nc2cc(Br)c(Br)cc21. The van der Waals surface area contributed by atoms with Crippen molar-refractivity contribution in [1.29, 1.82) is 0 Å². The Bertz CT molecular complexity index is 811. The normalized spacial score (nSPS) is 10.7. The molecule has 0 aliphatic carbocycles. The monoisotopic (exact) mass is 460 g/mol. The van der Waals surface area contributed by atoms with Crippen LogP contribution in [0, 0.1) is 0 Å². The van der Waals surface area contributed by atoms with Crippen molar-refractivity contribution < 1.29 is 23.6 Å². The number of hydrogen-bond acceptors (Lipinski definition) is 6. The number of Topliss-reactive ketones (excluding diaryl/α,β-unsaturated/α-hetero) is 1. The first-order valence-corrected chi connectivity index (χ1v) is 8.78. The van der Waals surface area contributed by atoms with Gasteiger partial charge in [-0.15, -0.1) is 0 Å². The molecule has 0 spiro atoms. The molecule has 2 rings (SSSR count). The topological polar surface area (TPSA) is 95.4 Å². The third-order valence-electron chi connectivity index (χ3n) is 3.13. The van der Waals surface area contributed by atoms with Gasteiger partial charge in [0.15, 0.2) is 12.1 Å². The third kappa shape index (κ3) is 3.84. The third-order valence-corrected chi connectivity index (χ3v) is 4.97. The maximum atomic E-state index is 12.1. The molecule has 1 aromatic heterocycles. The molecule has 1 aromatic carbocycles. The Balaban J connectivity index is 2.60. The second kappa shape index (κ2) is 7.89. The smallest absolute Gasteiger partial charge is 0.378 e. The number of nitrogens with zero attached hydrogens (tertiary/aromatic N) is 2. The summed E-state index contributed by atoms with van der Waals surface area (Å²) in [7, 11) is 0. The molecular formula is C15H16Br2N3O4+. The maximum absolute atomic E-state index is 12.1. The van der Waals surface area contributed by atoms with Crippen molar-refractivity contribution in [3.05, 3.63) is 21.1 Å². The van der Waals surface area contributed by atoms with Crippen molar-refractivity contribution in [2.45, 2.75) is 20.4 Å². The van der Waals surface area contributed by atoms with Crippen LogP contribution in [0.1, 0.15) is 13.8 Å². The second-order valence-corrected chi connectivity index (χ2v) is 6.43. The summed E-state index contributed by atoms with van der Waals surface area (Å²) in [6.07, 6.45) is 0. The van der Waals surface area contributed by atoms with E-state index in [0.29, 0.717) is 17.6 Å². The van der Waals surface area contributed by atoms with Gasteiger partial charge in [-0.2, -0.15) is 0 Å². The molecule has 0 atom stereocenters. The second-order valence-electron chi connectivity index (χ2n) is 4.72. The van der Waals surface area contributed by atoms with Crippen LogP contribution in [0.15, 0.2) is 21.1 Å². The van der Waals surface area contributed by atoms with E-state index in [4.69, 9.17) is 15.2 Å². The van der Waals surface area contributed by atoms with Crippen molar-refractivity contribution in [1.82, 2.24) is 4.98 Å². The lowest BCUT2D eigenvalue weighted by molar-refractivity contribution is -0.643. The summed E-state index contributed by atoms with van der Waals surface area (Å²) in [5.74, 6) is -1.24. The summed E-state index contributed by atoms with van der Waals surface area (Å²) < 4.78 is 13.2. The molecule has 9 heteroatoms. The summed E-state index contributed by atoms with van der Waals surface area (Å²) in [6.45, 7) is 3.67. The van der Waals surface area contributed by atoms with Crippen LogP contribution in [0.5, 0.6) is 5.88 Å². The highest BCUT2D eigenvalue weighted by Gasteiger charge is 2.25. The zero-order valence-electron chi connectivity index (χ0n) is 13.1. The van der Waals surface area contributed by atoms with Gasteiger partial charge in [0, 0.05) is 15.0 Å². The molecule has 0 saturated carbocycles. The Hall–Kier alpha value is -1.74. The first kappa shape index (κ1) is 18.6. The number of carbonyl (C=O) groups excluding carboxylic acids is 2. The van der Waals surface area contributed by atoms with Gasteiger partial charge in [0.2, 0.25) is 0 Å². The van der Waals surface area contributed by atoms with Gasteiger partial charge in [-0.05, 0) is 51.8 Å². The number of anilines is 1. The van der Waals surface area contributed by atoms with Crippen LogP contribution in [0.2, 0.25) is 0 Å². The molecule has 0 aliphatic rings. The number of esters is 1. The van der Waals surface area contributed by atoms with E-state index < -0.39 is 11.8 Å². The molecule has 0 saturated heterocycles. The summed E-state index contributed by atoms with van der Waals surface area (Å²) in [5, 5.41) is 0. The number of carbonyl (C=O) groups is 2. The lowest BCUT2D eigenvalue weighted by Gasteiger charge is -2.11. The van der Waals surface area contributed by atoms with Gasteiger partial charge in [0.1, 0.15) is 5.52 Å². The summed E-state index contributed by atoms with van der Waals surface area (Å²) >= 11 is 6.82. The Morgan fingerprint density at radius 1 is 1.21 bits per heavy atom. The molecule has 0 radical (unpaired) electrons. The molecule has 2 N–H and O–H groups in total. The van der Waals surface area contributed by atoms with Crippen LogP contribution in [-0.4, -0.2) is 30.0 Å². The summed E-state index contributed by atoms with van der Waals surface area (Å²) in [4.78, 5) is 28.1. The summed E-state index contributed by atoms with van der Waals surface area (Å²) in [5.41, 5.74) is 7.25. The standard InChI is InChI=1S/C15H15Br2N3O4/c1-3-23-14-13(18)20(7-12(21)15(22)24-4-2)11-6-9(17)8(16)5-10(11)19-14/h5-6,18H,3-4,7H2,1-2H3/p+1. The lowest BCUT2D eigenvalue weighted by Crippen LogP contribution is -2.44. The molecular weight excluding hydrogens is 446 g/mol. The Morgan fingerprint density at radius 3 is 2.50 bits per heavy atom. The van der Waals surface area contributed by atoms with Gasteiger partial charge in [-0.3, -0.25) is 10.5 Å². The van der Waals surface area contributed by atoms with E-state index in [1.165, 1.54) is 4.57 Å². The van der Waals surface area contributed by atoms with E-state index in [1.54, 1.807) is 26.0 Å². The zero-order chi connectivity index (χ0) is 17.9. The number of nitrogens with two attached hydrogens (primary N) is 1. The van der Waals surface area contributed by atoms with E-state index in [1.807, 2.05) is 0 Å². The number of rotatable bonds is 6. The molecule has 0 fully saturated rings. The predicted octanol–water partition coefficient (Wildman–Crippen LogP) is 2.16. The fraction of sp³-hybridized carbons (Fsp3) is 0.333. The molecule has 24 heavy (non-hydrogen) atoms. The summed E-state index contributed by atoms with van der Waals surface area (Å²) in [6, 6.07) is 3.53. The highest BCUT2D eigenvalue weighted by molar-refractivity contribution is 9.13. The largest absolute Gasteiger partial charge is 0.472 e. The number of halogens is 2. The van der Waals surface area contributed by atoms with E-state index in [2.05, 4.69) is 36.8 Å². The number of hydrogen-bond donors (Lipinski definition) is 1. The predicted molar refractivity (Wildman–Crippen MR) is 94.6 cm³/mol. The van der Waals surface area contributed by atoms with Gasteiger partial charge < -0.3 is 9.47 Å². The Kier molecular flexibility index (Phi) is 6.11. The quantitative estimate of drug-likeness (QED) is 0.402. The molecule has 128 valence electrons. The van der Waals surface area contributed by atoms with Gasteiger partial charge in [0.25, 0.3) is 5.78 Å². The van der Waals surface area contributed by atoms with Crippen molar-refractivity contribution in [3.8, 4) is 5.88 Å². The van der Waals surface area contributed by atoms with Crippen LogP contribution in [0.3, 0.4) is 0 Å². The molecule has 1 heterocycles. The number of benzene rings is 1. The highest BCUT2D eigenvalue weighted by Crippen LogP contribution is 2.28. The molecule has 0 bridgehead atoms. The molecule has 0 aliphatic heterocycles. The van der Waals surface area contributed by atoms with E-state index in [-0.39, 0.29) is 24.8 Å². The zero-order valence-corrected chi connectivity index (χ0v) is 16.3. The fourth-order valence-electron chi connectivity index (χ4n) is 2.08. The van der Waals surface area contributed by atoms with Crippen molar-refractivity contribution in [2.75, 3.05) is 18.9 Å². The molecule has 2 aromatic rings. The minimum atomic E-state index is -0.900. The van der Waals surface area contributed by atoms with Crippen LogP contribution >= 0.6 is 31.9 Å². The van der Waals surface area contributed by atoms with Crippen molar-refractivity contribution in [3.63, 3.8) is 0 Å². The van der Waals surface area contributed by atoms with Crippen LogP contribution in [-0.2, 0) is 20.9 Å². The van der Waals surface area contributed by atoms with Crippen LogP contribution in [0.25, 0.3) is 11.0 Å². The van der Waals surface area contributed by atoms with E-state index in [9.17, 15) is 9.59 Å². The van der Waals surface area contributed by atoms with Gasteiger partial charge >= 0.3 is 17.7 Å². The number of aromatic nitrogens is 2. The average Bonchev–Trinajstić information content (AvgIpc) is 2.53. The minimum absolute atomic E-state index is 0.129. The number of ether oxygens (including phenoxy) is 2. The number of nitrogen functional groups attached to an aromatic ring is 1. The highest BCUT2D eigenvalue weighted by atomic mass is 79.9. The molecule has 0 amide bonds. The first-order valence-electron chi connectivity index (χ1n) is 7.19. The number of fused-ring (bicyclic) bond motifs is 1. The van der Waals surface area contributed by atoms with Crippen LogP contribution in [0.4, 0.5) is 5.82 Å². The average molecular weight is 462 g/mol. The van der Waals surface area contributed by atoms with Crippen molar-refractivity contribution >= 4 is 60.5 Å². The minimum Gasteiger partial charge on any atom is -0.472 e. The van der Waals surface area contributed by atoms with Crippen molar-refractivity contribution in [2.24, 2.45) is 0 Å². The van der Waals surface area contributed by atoms with E-state index in [0.717, 1.165) is 8.95 Å².